The van der Waals surface area contributed by atoms with Gasteiger partial charge in [0.05, 0.1) is 12.0 Å². The van der Waals surface area contributed by atoms with E-state index >= 15 is 0 Å². The Hall–Kier alpha value is -2.62. The third kappa shape index (κ3) is 3.95. The fourth-order valence-corrected chi connectivity index (χ4v) is 1.72. The molecule has 0 amide bonds. The average Bonchev–Trinajstić information content (AvgIpc) is 2.47. The van der Waals surface area contributed by atoms with Crippen LogP contribution in [0.25, 0.3) is 0 Å². The molecule has 0 bridgehead atoms. The standard InChI is InChI=1S/C16H14O4/c17-15(20-11-13-4-2-1-3-5-13)10-12-6-8-14(9-7-12)16(18)19/h1-9H,10-11H2,(H,18,19). The Balaban J connectivity index is 1.86. The molecule has 102 valence electrons. The number of hydrogen-bond acceptors (Lipinski definition) is 3. The molecule has 0 aliphatic rings. The van der Waals surface area contributed by atoms with Crippen LogP contribution < -0.4 is 0 Å². The number of esters is 1. The summed E-state index contributed by atoms with van der Waals surface area (Å²) >= 11 is 0. The molecule has 0 unspecified atom stereocenters. The topological polar surface area (TPSA) is 63.6 Å². The lowest BCUT2D eigenvalue weighted by Gasteiger charge is -2.05. The van der Waals surface area contributed by atoms with Crippen molar-refractivity contribution < 1.29 is 19.4 Å². The fourth-order valence-electron chi connectivity index (χ4n) is 1.72. The van der Waals surface area contributed by atoms with Crippen LogP contribution in [0.15, 0.2) is 54.6 Å². The van der Waals surface area contributed by atoms with Gasteiger partial charge in [0.1, 0.15) is 6.61 Å². The number of carbonyl (C=O) groups is 2. The minimum atomic E-state index is -0.983. The van der Waals surface area contributed by atoms with Crippen molar-refractivity contribution in [1.29, 1.82) is 0 Å². The van der Waals surface area contributed by atoms with E-state index in [1.807, 2.05) is 30.3 Å². The molecule has 4 nitrogen and oxygen atoms in total. The number of carboxylic acid groups (broad SMARTS) is 1. The minimum Gasteiger partial charge on any atom is -0.478 e. The second-order valence-corrected chi connectivity index (χ2v) is 4.33. The Labute approximate surface area is 116 Å². The number of hydrogen-bond donors (Lipinski definition) is 1. The van der Waals surface area contributed by atoms with Crippen LogP contribution in [0.5, 0.6) is 0 Å². The van der Waals surface area contributed by atoms with Crippen LogP contribution >= 0.6 is 0 Å². The largest absolute Gasteiger partial charge is 0.478 e. The molecule has 0 heterocycles. The van der Waals surface area contributed by atoms with Crippen LogP contribution in [0.2, 0.25) is 0 Å². The second kappa shape index (κ2) is 6.52. The maximum atomic E-state index is 11.7. The highest BCUT2D eigenvalue weighted by Gasteiger charge is 2.07. The van der Waals surface area contributed by atoms with Gasteiger partial charge in [-0.15, -0.1) is 0 Å². The Bertz CT molecular complexity index is 588. The zero-order chi connectivity index (χ0) is 14.4. The van der Waals surface area contributed by atoms with Crippen molar-refractivity contribution in [2.24, 2.45) is 0 Å². The van der Waals surface area contributed by atoms with Crippen LogP contribution in [0, 0.1) is 0 Å². The third-order valence-electron chi connectivity index (χ3n) is 2.79. The summed E-state index contributed by atoms with van der Waals surface area (Å²) in [5.41, 5.74) is 1.86. The Kier molecular flexibility index (Phi) is 4.50. The first-order valence-corrected chi connectivity index (χ1v) is 6.17. The van der Waals surface area contributed by atoms with Gasteiger partial charge >= 0.3 is 11.9 Å². The van der Waals surface area contributed by atoms with Gasteiger partial charge in [-0.3, -0.25) is 4.79 Å². The molecule has 20 heavy (non-hydrogen) atoms. The van der Waals surface area contributed by atoms with Crippen molar-refractivity contribution in [3.63, 3.8) is 0 Å². The van der Waals surface area contributed by atoms with Gasteiger partial charge in [0.15, 0.2) is 0 Å². The lowest BCUT2D eigenvalue weighted by Crippen LogP contribution is -2.08. The van der Waals surface area contributed by atoms with E-state index in [2.05, 4.69) is 0 Å². The van der Waals surface area contributed by atoms with Crippen molar-refractivity contribution in [2.75, 3.05) is 0 Å². The number of ether oxygens (including phenoxy) is 1. The zero-order valence-corrected chi connectivity index (χ0v) is 10.8. The highest BCUT2D eigenvalue weighted by Crippen LogP contribution is 2.07. The normalized spacial score (nSPS) is 10.0. The molecule has 2 aromatic rings. The number of carbonyl (C=O) groups excluding carboxylic acids is 1. The Morgan fingerprint density at radius 2 is 1.55 bits per heavy atom. The first-order chi connectivity index (χ1) is 9.65. The summed E-state index contributed by atoms with van der Waals surface area (Å²) in [6.07, 6.45) is 0.132. The molecule has 0 aliphatic carbocycles. The third-order valence-corrected chi connectivity index (χ3v) is 2.79. The molecule has 1 N–H and O–H groups in total. The smallest absolute Gasteiger partial charge is 0.335 e. The molecule has 0 radical (unpaired) electrons. The number of rotatable bonds is 5. The molecule has 0 atom stereocenters. The van der Waals surface area contributed by atoms with Gasteiger partial charge in [-0.05, 0) is 23.3 Å². The molecule has 2 rings (SSSR count). The monoisotopic (exact) mass is 270 g/mol. The van der Waals surface area contributed by atoms with E-state index < -0.39 is 5.97 Å². The van der Waals surface area contributed by atoms with Crippen LogP contribution in [-0.2, 0) is 22.6 Å². The number of aromatic carboxylic acids is 1. The highest BCUT2D eigenvalue weighted by molar-refractivity contribution is 5.87. The maximum Gasteiger partial charge on any atom is 0.335 e. The summed E-state index contributed by atoms with van der Waals surface area (Å²) in [4.78, 5) is 22.4. The number of carboxylic acids is 1. The predicted molar refractivity (Wildman–Crippen MR) is 73.3 cm³/mol. The molecule has 2 aromatic carbocycles. The molecule has 0 aromatic heterocycles. The van der Waals surface area contributed by atoms with Gasteiger partial charge in [-0.25, -0.2) is 4.79 Å². The van der Waals surface area contributed by atoms with Gasteiger partial charge in [-0.2, -0.15) is 0 Å². The van der Waals surface area contributed by atoms with Crippen LogP contribution in [0.4, 0.5) is 0 Å². The molecule has 0 saturated heterocycles. The minimum absolute atomic E-state index is 0.132. The summed E-state index contributed by atoms with van der Waals surface area (Å²) in [7, 11) is 0. The van der Waals surface area contributed by atoms with Crippen molar-refractivity contribution in [3.05, 3.63) is 71.3 Å². The Morgan fingerprint density at radius 1 is 0.900 bits per heavy atom. The van der Waals surface area contributed by atoms with Crippen molar-refractivity contribution in [1.82, 2.24) is 0 Å². The Morgan fingerprint density at radius 3 is 2.15 bits per heavy atom. The molecule has 0 saturated carbocycles. The lowest BCUT2D eigenvalue weighted by molar-refractivity contribution is -0.144. The quantitative estimate of drug-likeness (QED) is 0.848. The van der Waals surface area contributed by atoms with E-state index in [4.69, 9.17) is 9.84 Å². The lowest BCUT2D eigenvalue weighted by atomic mass is 10.1. The van der Waals surface area contributed by atoms with Crippen molar-refractivity contribution >= 4 is 11.9 Å². The average molecular weight is 270 g/mol. The van der Waals surface area contributed by atoms with Crippen LogP contribution in [-0.4, -0.2) is 17.0 Å². The van der Waals surface area contributed by atoms with Gasteiger partial charge in [0, 0.05) is 0 Å². The van der Waals surface area contributed by atoms with Gasteiger partial charge in [-0.1, -0.05) is 42.5 Å². The summed E-state index contributed by atoms with van der Waals surface area (Å²) in [5, 5.41) is 8.78. The zero-order valence-electron chi connectivity index (χ0n) is 10.8. The SMILES string of the molecule is O=C(Cc1ccc(C(=O)O)cc1)OCc1ccccc1. The molecule has 0 spiro atoms. The van der Waals surface area contributed by atoms with Crippen LogP contribution in [0.3, 0.4) is 0 Å². The number of benzene rings is 2. The van der Waals surface area contributed by atoms with Gasteiger partial charge < -0.3 is 9.84 Å². The molecular weight excluding hydrogens is 256 g/mol. The predicted octanol–water partition coefficient (Wildman–Crippen LogP) is 2.67. The molecule has 4 heteroatoms. The first-order valence-electron chi connectivity index (χ1n) is 6.17. The summed E-state index contributed by atoms with van der Waals surface area (Å²) in [6, 6.07) is 15.6. The van der Waals surface area contributed by atoms with Crippen molar-refractivity contribution in [3.8, 4) is 0 Å². The molecular formula is C16H14O4. The van der Waals surface area contributed by atoms with Gasteiger partial charge in [0.2, 0.25) is 0 Å². The summed E-state index contributed by atoms with van der Waals surface area (Å²) in [5.74, 6) is -1.32. The van der Waals surface area contributed by atoms with Crippen molar-refractivity contribution in [2.45, 2.75) is 13.0 Å². The molecule has 0 aliphatic heterocycles. The fraction of sp³-hybridized carbons (Fsp3) is 0.125. The summed E-state index contributed by atoms with van der Waals surface area (Å²) in [6.45, 7) is 0.243. The molecule has 0 fully saturated rings. The van der Waals surface area contributed by atoms with E-state index in [9.17, 15) is 9.59 Å². The van der Waals surface area contributed by atoms with Crippen LogP contribution in [0.1, 0.15) is 21.5 Å². The second-order valence-electron chi connectivity index (χ2n) is 4.33. The van der Waals surface area contributed by atoms with E-state index in [1.54, 1.807) is 12.1 Å². The van der Waals surface area contributed by atoms with E-state index in [-0.39, 0.29) is 24.6 Å². The summed E-state index contributed by atoms with van der Waals surface area (Å²) < 4.78 is 5.15. The van der Waals surface area contributed by atoms with Gasteiger partial charge in [0.25, 0.3) is 0 Å². The van der Waals surface area contributed by atoms with E-state index in [0.717, 1.165) is 11.1 Å². The first kappa shape index (κ1) is 13.8. The highest BCUT2D eigenvalue weighted by atomic mass is 16.5. The van der Waals surface area contributed by atoms with E-state index in [1.165, 1.54) is 12.1 Å². The maximum absolute atomic E-state index is 11.7. The van der Waals surface area contributed by atoms with E-state index in [0.29, 0.717) is 0 Å².